The van der Waals surface area contributed by atoms with Crippen LogP contribution < -0.4 is 21.7 Å². The maximum Gasteiger partial charge on any atom is 0.505 e. The van der Waals surface area contributed by atoms with E-state index in [0.717, 1.165) is 37.3 Å². The van der Waals surface area contributed by atoms with Crippen molar-refractivity contribution < 1.29 is 164 Å². The summed E-state index contributed by atoms with van der Waals surface area (Å²) < 4.78 is 80.3. The number of benzene rings is 3. The Bertz CT molecular complexity index is 3710. The molecule has 0 heterocycles. The second-order valence-corrected chi connectivity index (χ2v) is 30.7. The molecular weight excluding hydrogens is 1520 g/mol. The van der Waals surface area contributed by atoms with Gasteiger partial charge in [0, 0.05) is 49.2 Å². The summed E-state index contributed by atoms with van der Waals surface area (Å²) in [6, 6.07) is 21.5. The van der Waals surface area contributed by atoms with Crippen molar-refractivity contribution in [3.05, 3.63) is 154 Å². The Morgan fingerprint density at radius 1 is 0.472 bits per heavy atom. The van der Waals surface area contributed by atoms with Crippen LogP contribution in [0.2, 0.25) is 0 Å². The summed E-state index contributed by atoms with van der Waals surface area (Å²) in [5.74, 6) is -13.9. The van der Waals surface area contributed by atoms with Gasteiger partial charge in [-0.1, -0.05) is 91.0 Å². The SMILES string of the molecule is C/C(=C\C(=O)O)C(O)P(=O)(O)CC[C@H](N)C(=O)O.C/C(=C\C(=O)O)C(O)P(=O)(O)CC[C@H](NC(=O)OCc1ccccc1)C(=O)O.CCOC(=O)/C=C(\C)C(O)P(=O)(O)CC[C@H](NC(=O)OCc1ccccc1)C(=O)OC.CCOC(=O)/C=C(\C)C=O.COC(=O)[C@H](CC[P+](=O)O)NC(=O)OCc1ccccc1. The van der Waals surface area contributed by atoms with Gasteiger partial charge in [0.15, 0.2) is 23.7 Å². The molecule has 7 unspecified atom stereocenters. The zero-order chi connectivity index (χ0) is 82.9. The number of nitrogens with two attached hydrogens (primary N) is 1. The molecule has 0 aliphatic rings. The Morgan fingerprint density at radius 3 is 1.07 bits per heavy atom. The van der Waals surface area contributed by atoms with Crippen molar-refractivity contribution in [1.82, 2.24) is 16.0 Å². The van der Waals surface area contributed by atoms with Crippen LogP contribution in [0.4, 0.5) is 14.4 Å². The molecule has 16 N–H and O–H groups in total. The van der Waals surface area contributed by atoms with Gasteiger partial charge in [-0.3, -0.25) is 23.3 Å². The van der Waals surface area contributed by atoms with Gasteiger partial charge in [0.25, 0.3) is 0 Å². The Morgan fingerprint density at radius 2 is 0.778 bits per heavy atom. The van der Waals surface area contributed by atoms with Crippen LogP contribution in [0, 0.1) is 0 Å². The number of alkyl carbamates (subject to hydrolysis) is 3. The van der Waals surface area contributed by atoms with E-state index in [1.54, 1.807) is 87.5 Å². The third-order valence-corrected chi connectivity index (χ3v) is 20.3. The van der Waals surface area contributed by atoms with Gasteiger partial charge in [-0.05, 0) is 104 Å². The van der Waals surface area contributed by atoms with Crippen LogP contribution >= 0.6 is 30.1 Å². The molecule has 0 radical (unpaired) electrons. The number of methoxy groups -OCH3 is 2. The molecule has 3 aromatic carbocycles. The van der Waals surface area contributed by atoms with Crippen LogP contribution in [0.5, 0.6) is 0 Å². The predicted octanol–water partition coefficient (Wildman–Crippen LogP) is 5.00. The highest BCUT2D eigenvalue weighted by atomic mass is 31.2. The summed E-state index contributed by atoms with van der Waals surface area (Å²) in [6.07, 6.45) is -1.70. The summed E-state index contributed by atoms with van der Waals surface area (Å²) in [5.41, 5.74) is 7.27. The number of ether oxygens (including phenoxy) is 7. The van der Waals surface area contributed by atoms with Crippen molar-refractivity contribution in [3.63, 3.8) is 0 Å². The second-order valence-electron chi connectivity index (χ2n) is 22.2. The number of aliphatic hydroxyl groups is 3. The summed E-state index contributed by atoms with van der Waals surface area (Å²) in [5, 5.41) is 70.9. The van der Waals surface area contributed by atoms with Gasteiger partial charge in [0.2, 0.25) is 22.1 Å². The van der Waals surface area contributed by atoms with E-state index in [2.05, 4.69) is 30.2 Å². The molecule has 108 heavy (non-hydrogen) atoms. The monoisotopic (exact) mass is 1610 g/mol. The minimum Gasteiger partial charge on any atom is -0.480 e. The summed E-state index contributed by atoms with van der Waals surface area (Å²) >= 11 is 0. The topological polar surface area (TPSA) is 622 Å². The minimum absolute atomic E-state index is 0.00118. The zero-order valence-corrected chi connectivity index (χ0v) is 63.5. The lowest BCUT2D eigenvalue weighted by atomic mass is 10.2. The number of rotatable bonds is 38. The van der Waals surface area contributed by atoms with Crippen LogP contribution in [-0.4, -0.2) is 221 Å². The fourth-order valence-corrected chi connectivity index (χ4v) is 13.0. The van der Waals surface area contributed by atoms with E-state index in [4.69, 9.17) is 44.9 Å². The highest BCUT2D eigenvalue weighted by Crippen LogP contribution is 2.50. The second kappa shape index (κ2) is 54.0. The van der Waals surface area contributed by atoms with E-state index in [-0.39, 0.29) is 68.6 Å². The van der Waals surface area contributed by atoms with Gasteiger partial charge in [-0.25, -0.2) is 47.9 Å². The highest BCUT2D eigenvalue weighted by molar-refractivity contribution is 7.59. The molecule has 42 heteroatoms. The molecule has 0 aliphatic carbocycles. The number of carboxylic acid groups (broad SMARTS) is 4. The quantitative estimate of drug-likeness (QED) is 0.0118. The van der Waals surface area contributed by atoms with Gasteiger partial charge < -0.3 is 105 Å². The van der Waals surface area contributed by atoms with E-state index >= 15 is 0 Å². The first-order valence-corrected chi connectivity index (χ1v) is 39.0. The smallest absolute Gasteiger partial charge is 0.480 e. The number of nitrogens with one attached hydrogen (secondary N) is 3. The molecule has 38 nitrogen and oxygen atoms in total. The Kier molecular flexibility index (Phi) is 50.2. The standard InChI is InChI=1S/C20H28NO9P.C17H22NO9P.C13H16NO6P.C9H16NO7P.C7H10O3/c1-4-29-17(22)12-14(2)19(24)31(26,27)11-10-16(18(23)28-3)21-20(25)30-13-15-8-6-5-7-9-15;1-11(9-14(19)20)16(23)28(25,26)8-7-13(15(21)22)18-17(24)27-10-12-5-3-2-4-6-12;1-19-12(15)11(7-8-21(17)18)14-13(16)20-9-10-5-3-2-4-6-10;1-5(4-7(11)12)9(15)18(16,17)3-2-6(10)8(13)14;1-3-10-7(9)4-6(2)5-8/h5-9,12,16,19,24H,4,10-11,13H2,1-3H3,(H,21,25)(H,26,27);2-6,9,13,16,23H,7-8,10H2,1H3,(H,18,24)(H,19,20)(H,21,22)(H,25,26);2-6,11H,7-9H2,1H3,(H-,14,16,17,18);4,6,9,15H,2-3,10H2,1H3,(H,11,12)(H,13,14)(H,16,17);4-5H,3H2,1-2H3/p+1/b14-12+;11-9+;;5-4+;6-4+/t16-,19?;13-,16?;11-;6-,9?;/m0000./s1. The third-order valence-electron chi connectivity index (χ3n) is 13.5. The minimum atomic E-state index is -4.33. The molecule has 0 spiro atoms. The van der Waals surface area contributed by atoms with Crippen LogP contribution in [-0.2, 0) is 114 Å². The predicted molar refractivity (Wildman–Crippen MR) is 383 cm³/mol. The highest BCUT2D eigenvalue weighted by Gasteiger charge is 2.36. The molecule has 0 fully saturated rings. The first kappa shape index (κ1) is 100. The van der Waals surface area contributed by atoms with E-state index < -0.39 is 163 Å². The van der Waals surface area contributed by atoms with Crippen LogP contribution in [0.25, 0.3) is 0 Å². The van der Waals surface area contributed by atoms with Gasteiger partial charge in [-0.2, -0.15) is 4.89 Å². The Labute approximate surface area is 621 Å². The molecule has 3 rings (SSSR count). The lowest BCUT2D eigenvalue weighted by molar-refractivity contribution is -0.143. The summed E-state index contributed by atoms with van der Waals surface area (Å²) in [6.45, 7) is 8.91. The number of aldehydes is 1. The summed E-state index contributed by atoms with van der Waals surface area (Å²) in [4.78, 5) is 172. The molecule has 11 atom stereocenters. The van der Waals surface area contributed by atoms with Crippen molar-refractivity contribution in [3.8, 4) is 0 Å². The van der Waals surface area contributed by atoms with Crippen molar-refractivity contribution >= 4 is 102 Å². The van der Waals surface area contributed by atoms with Crippen molar-refractivity contribution in [2.75, 3.05) is 52.1 Å². The fourth-order valence-electron chi connectivity index (χ4n) is 7.78. The molecule has 0 saturated carbocycles. The van der Waals surface area contributed by atoms with Crippen molar-refractivity contribution in [2.24, 2.45) is 5.73 Å². The number of allylic oxidation sites excluding steroid dienone is 1. The molecule has 3 aromatic rings. The molecule has 600 valence electrons. The van der Waals surface area contributed by atoms with E-state index in [0.29, 0.717) is 36.2 Å². The third kappa shape index (κ3) is 45.7. The van der Waals surface area contributed by atoms with E-state index in [1.807, 2.05) is 24.3 Å². The Balaban J connectivity index is 0. The molecule has 0 bridgehead atoms. The van der Waals surface area contributed by atoms with Gasteiger partial charge >= 0.3 is 74.1 Å². The van der Waals surface area contributed by atoms with Gasteiger partial charge in [0.1, 0.15) is 50.3 Å². The van der Waals surface area contributed by atoms with Crippen molar-refractivity contribution in [2.45, 2.75) is 129 Å². The fraction of sp³-hybridized carbons (Fsp3) is 0.424. The first-order valence-electron chi connectivity index (χ1n) is 31.8. The maximum absolute atomic E-state index is 12.5. The molecule has 0 aliphatic heterocycles. The van der Waals surface area contributed by atoms with Crippen molar-refractivity contribution in [1.29, 1.82) is 0 Å². The average Bonchev–Trinajstić information content (AvgIpc) is 0.853. The largest absolute Gasteiger partial charge is 0.505 e. The molecule has 0 aromatic heterocycles. The van der Waals surface area contributed by atoms with Crippen LogP contribution in [0.3, 0.4) is 0 Å². The van der Waals surface area contributed by atoms with Gasteiger partial charge in [-0.15, -0.1) is 0 Å². The number of carbonyl (C=O) groups is 12. The number of hydrogen-bond donors (Lipinski definition) is 15. The number of carboxylic acids is 4. The van der Waals surface area contributed by atoms with E-state index in [9.17, 15) is 111 Å². The average molecular weight is 1610 g/mol. The number of esters is 4. The molecule has 3 amide bonds. The lowest BCUT2D eigenvalue weighted by Gasteiger charge is -2.22. The molecular formula is C66H93N4O34P4+. The number of aliphatic hydroxyl groups excluding tert-OH is 3. The zero-order valence-electron chi connectivity index (χ0n) is 60.0. The molecule has 0 saturated heterocycles. The maximum atomic E-state index is 12.5. The van der Waals surface area contributed by atoms with Crippen LogP contribution in [0.15, 0.2) is 138 Å². The number of hydrogen-bond acceptors (Lipinski definition) is 27. The number of carbonyl (C=O) groups excluding carboxylic acids is 8. The summed E-state index contributed by atoms with van der Waals surface area (Å²) in [7, 11) is -12.8. The van der Waals surface area contributed by atoms with Crippen LogP contribution in [0.1, 0.15) is 83.9 Å². The van der Waals surface area contributed by atoms with E-state index in [1.165, 1.54) is 21.0 Å². The number of amides is 3. The lowest BCUT2D eigenvalue weighted by Crippen LogP contribution is -2.42. The first-order chi connectivity index (χ1) is 50.4. The Hall–Kier alpha value is -9.67. The number of aliphatic carboxylic acids is 4. The normalized spacial score (nSPS) is 14.9. The van der Waals surface area contributed by atoms with Gasteiger partial charge in [0.05, 0.1) is 27.4 Å².